The molecular weight excluding hydrogens is 400 g/mol. The van der Waals surface area contributed by atoms with Gasteiger partial charge in [-0.05, 0) is 36.4 Å². The van der Waals surface area contributed by atoms with E-state index in [0.29, 0.717) is 9.75 Å². The Hall–Kier alpha value is -1.08. The normalized spacial score (nSPS) is 12.6. The van der Waals surface area contributed by atoms with Crippen LogP contribution in [0.25, 0.3) is 19.5 Å². The first kappa shape index (κ1) is 16.8. The Morgan fingerprint density at radius 3 is 1.17 bits per heavy atom. The fourth-order valence-corrected chi connectivity index (χ4v) is 6.26. The number of hydrogen-bond acceptors (Lipinski definition) is 9. The van der Waals surface area contributed by atoms with Crippen molar-refractivity contribution in [2.24, 2.45) is 0 Å². The van der Waals surface area contributed by atoms with Crippen LogP contribution in [0.4, 0.5) is 0 Å². The van der Waals surface area contributed by atoms with Gasteiger partial charge in [-0.1, -0.05) is 0 Å². The lowest BCUT2D eigenvalue weighted by molar-refractivity contribution is 0.463. The minimum Gasteiger partial charge on any atom is -0.743 e. The van der Waals surface area contributed by atoms with Crippen molar-refractivity contribution < 1.29 is 25.9 Å². The van der Waals surface area contributed by atoms with E-state index < -0.39 is 20.2 Å². The molecule has 0 spiro atoms. The van der Waals surface area contributed by atoms with Crippen molar-refractivity contribution in [2.45, 2.75) is 8.42 Å². The minimum absolute atomic E-state index is 0.252. The summed E-state index contributed by atoms with van der Waals surface area (Å²) >= 11 is 3.07. The summed E-state index contributed by atoms with van der Waals surface area (Å²) in [4.78, 5) is 2.76. The highest BCUT2D eigenvalue weighted by molar-refractivity contribution is 7.88. The van der Waals surface area contributed by atoms with Crippen molar-refractivity contribution in [3.8, 4) is 19.5 Å². The van der Waals surface area contributed by atoms with Crippen LogP contribution in [0.15, 0.2) is 44.8 Å². The third-order valence-corrected chi connectivity index (χ3v) is 8.97. The minimum atomic E-state index is -4.47. The molecule has 0 fully saturated rings. The average molecular weight is 407 g/mol. The van der Waals surface area contributed by atoms with Crippen LogP contribution < -0.4 is 0 Å². The molecule has 6 nitrogen and oxygen atoms in total. The molecule has 3 aromatic heterocycles. The van der Waals surface area contributed by atoms with Gasteiger partial charge in [0.1, 0.15) is 28.7 Å². The third-order valence-electron chi connectivity index (χ3n) is 2.75. The molecule has 0 saturated carbocycles. The van der Waals surface area contributed by atoms with Gasteiger partial charge < -0.3 is 9.11 Å². The summed E-state index contributed by atoms with van der Waals surface area (Å²) in [6.07, 6.45) is 0. The molecule has 0 saturated heterocycles. The maximum atomic E-state index is 11.0. The molecule has 0 atom stereocenters. The molecule has 0 bridgehead atoms. The van der Waals surface area contributed by atoms with Gasteiger partial charge in [-0.2, -0.15) is 0 Å². The van der Waals surface area contributed by atoms with Crippen LogP contribution in [0.3, 0.4) is 0 Å². The fraction of sp³-hybridized carbons (Fsp3) is 0. The van der Waals surface area contributed by atoms with Crippen molar-refractivity contribution in [3.63, 3.8) is 0 Å². The Balaban J connectivity index is 1.95. The SMILES string of the molecule is O=S(=O)([O-])c1ccc(-c2ccc(-c3ccc(S(=O)(=O)[O-])s3)s2)s1. The van der Waals surface area contributed by atoms with Crippen LogP contribution in [0.2, 0.25) is 0 Å². The molecule has 3 aromatic rings. The Morgan fingerprint density at radius 2 is 0.870 bits per heavy atom. The van der Waals surface area contributed by atoms with Gasteiger partial charge in [-0.3, -0.25) is 0 Å². The smallest absolute Gasteiger partial charge is 0.134 e. The van der Waals surface area contributed by atoms with E-state index in [0.717, 1.165) is 32.4 Å². The van der Waals surface area contributed by atoms with Gasteiger partial charge in [0.2, 0.25) is 0 Å². The molecule has 122 valence electrons. The summed E-state index contributed by atoms with van der Waals surface area (Å²) in [5.74, 6) is 0. The largest absolute Gasteiger partial charge is 0.743 e. The Kier molecular flexibility index (Phi) is 4.21. The summed E-state index contributed by atoms with van der Waals surface area (Å²) < 4.78 is 65.3. The molecule has 23 heavy (non-hydrogen) atoms. The summed E-state index contributed by atoms with van der Waals surface area (Å²) in [6, 6.07) is 9.11. The van der Waals surface area contributed by atoms with Crippen LogP contribution in [0, 0.1) is 0 Å². The molecule has 0 aliphatic carbocycles. The predicted octanol–water partition coefficient (Wildman–Crippen LogP) is 3.01. The molecule has 0 aliphatic heterocycles. The van der Waals surface area contributed by atoms with E-state index in [-0.39, 0.29) is 8.42 Å². The molecule has 0 radical (unpaired) electrons. The van der Waals surface area contributed by atoms with Crippen molar-refractivity contribution in [3.05, 3.63) is 36.4 Å². The second-order valence-electron chi connectivity index (χ2n) is 4.31. The molecular formula is C12H6O6S5-2. The average Bonchev–Trinajstić information content (AvgIpc) is 3.17. The van der Waals surface area contributed by atoms with Crippen LogP contribution in [0.1, 0.15) is 0 Å². The second kappa shape index (κ2) is 5.77. The van der Waals surface area contributed by atoms with Crippen molar-refractivity contribution >= 4 is 54.2 Å². The summed E-state index contributed by atoms with van der Waals surface area (Å²) in [7, 11) is -8.95. The number of rotatable bonds is 4. The van der Waals surface area contributed by atoms with Crippen molar-refractivity contribution in [2.75, 3.05) is 0 Å². The standard InChI is InChI=1S/C12H8O6S5/c13-22(14,15)11-5-3-9(20-11)7-1-2-8(19-7)10-4-6-12(21-10)23(16,17)18/h1-6H,(H,13,14,15)(H,16,17,18)/p-2. The van der Waals surface area contributed by atoms with Gasteiger partial charge in [0.05, 0.1) is 0 Å². The highest BCUT2D eigenvalue weighted by Gasteiger charge is 2.13. The second-order valence-corrected chi connectivity index (χ2v) is 10.8. The van der Waals surface area contributed by atoms with Gasteiger partial charge in [-0.15, -0.1) is 34.0 Å². The topological polar surface area (TPSA) is 114 Å². The predicted molar refractivity (Wildman–Crippen MR) is 86.9 cm³/mol. The van der Waals surface area contributed by atoms with E-state index in [1.54, 1.807) is 24.3 Å². The van der Waals surface area contributed by atoms with Crippen LogP contribution in [0.5, 0.6) is 0 Å². The van der Waals surface area contributed by atoms with Crippen LogP contribution in [-0.4, -0.2) is 25.9 Å². The highest BCUT2D eigenvalue weighted by Crippen LogP contribution is 2.41. The van der Waals surface area contributed by atoms with Crippen molar-refractivity contribution in [1.29, 1.82) is 0 Å². The molecule has 0 N–H and O–H groups in total. The monoisotopic (exact) mass is 406 g/mol. The zero-order valence-corrected chi connectivity index (χ0v) is 15.0. The lowest BCUT2D eigenvalue weighted by Gasteiger charge is -2.01. The first-order valence-corrected chi connectivity index (χ1v) is 11.1. The number of thiophene rings is 3. The molecule has 0 unspecified atom stereocenters. The Morgan fingerprint density at radius 1 is 0.565 bits per heavy atom. The molecule has 0 aliphatic rings. The first-order chi connectivity index (χ1) is 10.6. The maximum Gasteiger partial charge on any atom is 0.134 e. The summed E-state index contributed by atoms with van der Waals surface area (Å²) in [5.41, 5.74) is 0. The van der Waals surface area contributed by atoms with E-state index in [1.807, 2.05) is 0 Å². The number of hydrogen-bond donors (Lipinski definition) is 0. The fourth-order valence-electron chi connectivity index (χ4n) is 1.78. The van der Waals surface area contributed by atoms with Gasteiger partial charge in [0.15, 0.2) is 0 Å². The van der Waals surface area contributed by atoms with Gasteiger partial charge in [-0.25, -0.2) is 16.8 Å². The maximum absolute atomic E-state index is 11.0. The quantitative estimate of drug-likeness (QED) is 0.615. The van der Waals surface area contributed by atoms with E-state index in [4.69, 9.17) is 0 Å². The van der Waals surface area contributed by atoms with Crippen molar-refractivity contribution in [1.82, 2.24) is 0 Å². The van der Waals surface area contributed by atoms with E-state index in [9.17, 15) is 25.9 Å². The van der Waals surface area contributed by atoms with E-state index in [1.165, 1.54) is 23.5 Å². The lowest BCUT2D eigenvalue weighted by atomic mass is 10.3. The Bertz CT molecular complexity index is 982. The molecule has 3 heterocycles. The third kappa shape index (κ3) is 3.55. The van der Waals surface area contributed by atoms with E-state index in [2.05, 4.69) is 0 Å². The van der Waals surface area contributed by atoms with Gasteiger partial charge >= 0.3 is 0 Å². The molecule has 0 amide bonds. The van der Waals surface area contributed by atoms with Crippen LogP contribution >= 0.6 is 34.0 Å². The summed E-state index contributed by atoms with van der Waals surface area (Å²) in [6.45, 7) is 0. The van der Waals surface area contributed by atoms with Gasteiger partial charge in [0.25, 0.3) is 0 Å². The zero-order valence-electron chi connectivity index (χ0n) is 11.0. The Labute approximate surface area is 144 Å². The summed E-state index contributed by atoms with van der Waals surface area (Å²) in [5, 5.41) is 0. The lowest BCUT2D eigenvalue weighted by Crippen LogP contribution is -1.93. The molecule has 11 heteroatoms. The first-order valence-electron chi connectivity index (χ1n) is 5.87. The van der Waals surface area contributed by atoms with Gasteiger partial charge in [0, 0.05) is 19.5 Å². The zero-order chi connectivity index (χ0) is 16.8. The van der Waals surface area contributed by atoms with E-state index >= 15 is 0 Å². The molecule has 3 rings (SSSR count). The highest BCUT2D eigenvalue weighted by atomic mass is 32.3. The molecule has 0 aromatic carbocycles. The van der Waals surface area contributed by atoms with Crippen LogP contribution in [-0.2, 0) is 20.2 Å².